The van der Waals surface area contributed by atoms with E-state index in [1.165, 1.54) is 0 Å². The van der Waals surface area contributed by atoms with Crippen molar-refractivity contribution in [2.75, 3.05) is 20.2 Å². The van der Waals surface area contributed by atoms with Crippen LogP contribution in [0.5, 0.6) is 0 Å². The maximum absolute atomic E-state index is 11.7. The Morgan fingerprint density at radius 2 is 2.11 bits per heavy atom. The van der Waals surface area contributed by atoms with Crippen molar-refractivity contribution in [1.82, 2.24) is 4.90 Å². The molecule has 2 N–H and O–H groups in total. The van der Waals surface area contributed by atoms with E-state index in [2.05, 4.69) is 0 Å². The van der Waals surface area contributed by atoms with E-state index in [1.807, 2.05) is 42.5 Å². The Morgan fingerprint density at radius 3 is 2.72 bits per heavy atom. The highest BCUT2D eigenvalue weighted by Gasteiger charge is 2.45. The van der Waals surface area contributed by atoms with E-state index in [-0.39, 0.29) is 18.1 Å². The third kappa shape index (κ3) is 2.44. The smallest absolute Gasteiger partial charge is 0.254 e. The van der Waals surface area contributed by atoms with E-state index >= 15 is 0 Å². The van der Waals surface area contributed by atoms with E-state index < -0.39 is 0 Å². The summed E-state index contributed by atoms with van der Waals surface area (Å²) in [6, 6.07) is 9.97. The van der Waals surface area contributed by atoms with E-state index in [0.717, 1.165) is 5.56 Å². The predicted molar refractivity (Wildman–Crippen MR) is 70.8 cm³/mol. The second-order valence-electron chi connectivity index (χ2n) is 4.24. The van der Waals surface area contributed by atoms with Gasteiger partial charge in [0.15, 0.2) is 6.10 Å². The fourth-order valence-corrected chi connectivity index (χ4v) is 2.15. The van der Waals surface area contributed by atoms with E-state index in [0.29, 0.717) is 13.1 Å². The molecule has 0 spiro atoms. The molecule has 1 aromatic rings. The molecule has 0 aliphatic carbocycles. The summed E-state index contributed by atoms with van der Waals surface area (Å²) in [5, 5.41) is 0. The first kappa shape index (κ1) is 12.8. The van der Waals surface area contributed by atoms with Gasteiger partial charge in [-0.05, 0) is 5.56 Å². The first-order valence-electron chi connectivity index (χ1n) is 6.04. The number of rotatable bonds is 5. The molecule has 0 saturated carbocycles. The number of β-lactam (4-membered cyclic amide) rings is 1. The van der Waals surface area contributed by atoms with Crippen molar-refractivity contribution in [3.05, 3.63) is 42.0 Å². The number of benzene rings is 1. The first-order chi connectivity index (χ1) is 8.77. The summed E-state index contributed by atoms with van der Waals surface area (Å²) >= 11 is 0. The summed E-state index contributed by atoms with van der Waals surface area (Å²) in [4.78, 5) is 13.5. The highest BCUT2D eigenvalue weighted by atomic mass is 16.5. The largest absolute Gasteiger partial charge is 0.369 e. The molecule has 18 heavy (non-hydrogen) atoms. The number of methoxy groups -OCH3 is 1. The monoisotopic (exact) mass is 246 g/mol. The number of nitrogens with zero attached hydrogens (tertiary/aromatic N) is 1. The van der Waals surface area contributed by atoms with Crippen LogP contribution in [0, 0.1) is 0 Å². The molecule has 0 aromatic heterocycles. The zero-order valence-corrected chi connectivity index (χ0v) is 10.5. The lowest BCUT2D eigenvalue weighted by Crippen LogP contribution is -2.65. The van der Waals surface area contributed by atoms with Crippen LogP contribution in [0.1, 0.15) is 5.56 Å². The van der Waals surface area contributed by atoms with Crippen LogP contribution in [-0.4, -0.2) is 43.2 Å². The Balaban J connectivity index is 2.06. The Kier molecular flexibility index (Phi) is 4.12. The van der Waals surface area contributed by atoms with Crippen LogP contribution in [0.4, 0.5) is 0 Å². The number of hydrogen-bond acceptors (Lipinski definition) is 3. The van der Waals surface area contributed by atoms with Gasteiger partial charge in [0.25, 0.3) is 5.91 Å². The number of carbonyl (C=O) groups is 1. The van der Waals surface area contributed by atoms with Crippen molar-refractivity contribution in [3.63, 3.8) is 0 Å². The third-order valence-corrected chi connectivity index (χ3v) is 3.11. The van der Waals surface area contributed by atoms with Gasteiger partial charge in [0.2, 0.25) is 0 Å². The number of nitrogens with two attached hydrogens (primary N) is 1. The van der Waals surface area contributed by atoms with Crippen LogP contribution in [0.15, 0.2) is 36.4 Å². The molecule has 4 nitrogen and oxygen atoms in total. The molecule has 2 atom stereocenters. The molecule has 2 rings (SSSR count). The van der Waals surface area contributed by atoms with Gasteiger partial charge < -0.3 is 15.4 Å². The number of amides is 1. The van der Waals surface area contributed by atoms with E-state index in [1.54, 1.807) is 12.0 Å². The third-order valence-electron chi connectivity index (χ3n) is 3.11. The fraction of sp³-hybridized carbons (Fsp3) is 0.357. The van der Waals surface area contributed by atoms with Crippen molar-refractivity contribution in [2.45, 2.75) is 12.1 Å². The summed E-state index contributed by atoms with van der Waals surface area (Å²) in [5.41, 5.74) is 6.61. The molecule has 1 amide bonds. The zero-order chi connectivity index (χ0) is 13.0. The van der Waals surface area contributed by atoms with Gasteiger partial charge in [0.1, 0.15) is 0 Å². The Labute approximate surface area is 107 Å². The van der Waals surface area contributed by atoms with Gasteiger partial charge in [-0.2, -0.15) is 0 Å². The summed E-state index contributed by atoms with van der Waals surface area (Å²) in [5.74, 6) is 0.0191. The van der Waals surface area contributed by atoms with Crippen molar-refractivity contribution in [2.24, 2.45) is 5.73 Å². The predicted octanol–water partition coefficient (Wildman–Crippen LogP) is 0.884. The van der Waals surface area contributed by atoms with E-state index in [9.17, 15) is 4.79 Å². The molecular formula is C14H18N2O2. The lowest BCUT2D eigenvalue weighted by atomic mass is 9.96. The maximum Gasteiger partial charge on any atom is 0.254 e. The molecule has 1 fully saturated rings. The molecule has 0 unspecified atom stereocenters. The molecule has 1 aliphatic rings. The SMILES string of the molecule is CO[C@H]1C(=O)N(CCN)[C@H]1/C=C/c1ccccc1. The lowest BCUT2D eigenvalue weighted by molar-refractivity contribution is -0.165. The van der Waals surface area contributed by atoms with Gasteiger partial charge in [-0.3, -0.25) is 4.79 Å². The highest BCUT2D eigenvalue weighted by molar-refractivity contribution is 5.89. The number of carbonyl (C=O) groups excluding carboxylic acids is 1. The number of likely N-dealkylation sites (tertiary alicyclic amines) is 1. The first-order valence-corrected chi connectivity index (χ1v) is 6.04. The topological polar surface area (TPSA) is 55.6 Å². The van der Waals surface area contributed by atoms with Crippen molar-refractivity contribution >= 4 is 12.0 Å². The molecule has 1 heterocycles. The Bertz CT molecular complexity index is 431. The van der Waals surface area contributed by atoms with Crippen LogP contribution in [0.2, 0.25) is 0 Å². The lowest BCUT2D eigenvalue weighted by Gasteiger charge is -2.44. The van der Waals surface area contributed by atoms with Crippen LogP contribution in [0.3, 0.4) is 0 Å². The molecule has 0 bridgehead atoms. The van der Waals surface area contributed by atoms with Crippen LogP contribution in [0.25, 0.3) is 6.08 Å². The Morgan fingerprint density at radius 1 is 1.39 bits per heavy atom. The number of hydrogen-bond donors (Lipinski definition) is 1. The van der Waals surface area contributed by atoms with Crippen molar-refractivity contribution in [3.8, 4) is 0 Å². The summed E-state index contributed by atoms with van der Waals surface area (Å²) in [7, 11) is 1.56. The molecule has 1 saturated heterocycles. The van der Waals surface area contributed by atoms with Gasteiger partial charge in [-0.15, -0.1) is 0 Å². The molecular weight excluding hydrogens is 228 g/mol. The average Bonchev–Trinajstić information content (AvgIpc) is 2.41. The normalized spacial score (nSPS) is 23.4. The minimum atomic E-state index is -0.364. The summed E-state index contributed by atoms with van der Waals surface area (Å²) in [6.07, 6.45) is 3.64. The van der Waals surface area contributed by atoms with Crippen LogP contribution in [-0.2, 0) is 9.53 Å². The van der Waals surface area contributed by atoms with Crippen LogP contribution >= 0.6 is 0 Å². The number of ether oxygens (including phenoxy) is 1. The fourth-order valence-electron chi connectivity index (χ4n) is 2.15. The average molecular weight is 246 g/mol. The minimum Gasteiger partial charge on any atom is -0.369 e. The minimum absolute atomic E-state index is 0.00810. The van der Waals surface area contributed by atoms with Gasteiger partial charge >= 0.3 is 0 Å². The van der Waals surface area contributed by atoms with Gasteiger partial charge in [0.05, 0.1) is 6.04 Å². The van der Waals surface area contributed by atoms with Gasteiger partial charge in [-0.25, -0.2) is 0 Å². The summed E-state index contributed by atoms with van der Waals surface area (Å²) < 4.78 is 5.19. The highest BCUT2D eigenvalue weighted by Crippen LogP contribution is 2.24. The Hall–Kier alpha value is -1.65. The van der Waals surface area contributed by atoms with Crippen molar-refractivity contribution < 1.29 is 9.53 Å². The molecule has 1 aliphatic heterocycles. The van der Waals surface area contributed by atoms with Gasteiger partial charge in [0, 0.05) is 20.2 Å². The molecule has 96 valence electrons. The van der Waals surface area contributed by atoms with Crippen LogP contribution < -0.4 is 5.73 Å². The zero-order valence-electron chi connectivity index (χ0n) is 10.5. The van der Waals surface area contributed by atoms with Crippen molar-refractivity contribution in [1.29, 1.82) is 0 Å². The standard InChI is InChI=1S/C14H18N2O2/c1-18-13-12(16(10-9-15)14(13)17)8-7-11-5-3-2-4-6-11/h2-8,12-13H,9-10,15H2,1H3/b8-7+/t12-,13+/m0/s1. The maximum atomic E-state index is 11.7. The molecule has 1 aromatic carbocycles. The van der Waals surface area contributed by atoms with E-state index in [4.69, 9.17) is 10.5 Å². The second kappa shape index (κ2) is 5.80. The second-order valence-corrected chi connectivity index (χ2v) is 4.24. The summed E-state index contributed by atoms with van der Waals surface area (Å²) in [6.45, 7) is 1.04. The molecule has 0 radical (unpaired) electrons. The quantitative estimate of drug-likeness (QED) is 0.785. The molecule has 4 heteroatoms. The van der Waals surface area contributed by atoms with Gasteiger partial charge in [-0.1, -0.05) is 42.5 Å².